The molecule has 1 unspecified atom stereocenters. The zero-order chi connectivity index (χ0) is 15.4. The van der Waals surface area contributed by atoms with E-state index >= 15 is 0 Å². The van der Waals surface area contributed by atoms with Crippen molar-refractivity contribution >= 4 is 11.9 Å². The van der Waals surface area contributed by atoms with Crippen LogP contribution in [-0.4, -0.2) is 45.3 Å². The lowest BCUT2D eigenvalue weighted by Crippen LogP contribution is -2.33. The summed E-state index contributed by atoms with van der Waals surface area (Å²) in [6, 6.07) is 9.45. The van der Waals surface area contributed by atoms with Crippen LogP contribution in [0, 0.1) is 5.92 Å². The van der Waals surface area contributed by atoms with Crippen molar-refractivity contribution in [1.29, 1.82) is 0 Å². The molecule has 1 atom stereocenters. The van der Waals surface area contributed by atoms with Gasteiger partial charge in [-0.25, -0.2) is 4.68 Å². The number of amides is 1. The molecule has 0 aliphatic carbocycles. The predicted molar refractivity (Wildman–Crippen MR) is 77.3 cm³/mol. The molecule has 0 saturated carbocycles. The van der Waals surface area contributed by atoms with E-state index in [2.05, 4.69) is 5.10 Å². The molecule has 0 fully saturated rings. The van der Waals surface area contributed by atoms with Gasteiger partial charge in [-0.3, -0.25) is 9.59 Å². The Hall–Kier alpha value is -2.63. The van der Waals surface area contributed by atoms with Crippen molar-refractivity contribution in [2.24, 2.45) is 5.92 Å². The van der Waals surface area contributed by atoms with Crippen molar-refractivity contribution in [3.05, 3.63) is 48.3 Å². The normalized spacial score (nSPS) is 11.9. The number of nitrogens with zero attached hydrogens (tertiary/aromatic N) is 3. The van der Waals surface area contributed by atoms with Crippen LogP contribution in [0.3, 0.4) is 0 Å². The van der Waals surface area contributed by atoms with E-state index in [4.69, 9.17) is 5.11 Å². The number of aliphatic carboxylic acids is 1. The number of carbonyl (C=O) groups is 2. The number of hydrogen-bond donors (Lipinski definition) is 1. The van der Waals surface area contributed by atoms with Gasteiger partial charge in [0.2, 0.25) is 0 Å². The summed E-state index contributed by atoms with van der Waals surface area (Å²) in [6.45, 7) is 1.73. The van der Waals surface area contributed by atoms with Crippen LogP contribution in [0.5, 0.6) is 0 Å². The molecule has 0 aliphatic heterocycles. The average molecular weight is 287 g/mol. The largest absolute Gasteiger partial charge is 0.481 e. The highest BCUT2D eigenvalue weighted by molar-refractivity contribution is 5.93. The van der Waals surface area contributed by atoms with E-state index in [-0.39, 0.29) is 12.5 Å². The van der Waals surface area contributed by atoms with E-state index in [9.17, 15) is 9.59 Å². The van der Waals surface area contributed by atoms with Gasteiger partial charge in [-0.05, 0) is 12.1 Å². The van der Waals surface area contributed by atoms with Crippen molar-refractivity contribution in [1.82, 2.24) is 14.7 Å². The maximum atomic E-state index is 12.2. The molecular formula is C15H17N3O3. The van der Waals surface area contributed by atoms with Crippen LogP contribution >= 0.6 is 0 Å². The number of rotatable bonds is 5. The average Bonchev–Trinajstić information content (AvgIpc) is 2.96. The summed E-state index contributed by atoms with van der Waals surface area (Å²) in [5.41, 5.74) is 1.29. The number of hydrogen-bond acceptors (Lipinski definition) is 3. The van der Waals surface area contributed by atoms with Gasteiger partial charge in [0.05, 0.1) is 23.4 Å². The van der Waals surface area contributed by atoms with E-state index in [1.54, 1.807) is 24.9 Å². The van der Waals surface area contributed by atoms with Gasteiger partial charge in [0, 0.05) is 19.8 Å². The molecule has 6 nitrogen and oxygen atoms in total. The Bertz CT molecular complexity index is 637. The van der Waals surface area contributed by atoms with Crippen molar-refractivity contribution in [3.63, 3.8) is 0 Å². The topological polar surface area (TPSA) is 75.4 Å². The summed E-state index contributed by atoms with van der Waals surface area (Å²) < 4.78 is 1.61. The standard InChI is InChI=1S/C15H17N3O3/c1-11(15(20)21)9-17(2)14(19)12-8-16-18(10-12)13-6-4-3-5-7-13/h3-8,10-11H,9H2,1-2H3,(H,20,21). The monoisotopic (exact) mass is 287 g/mol. The highest BCUT2D eigenvalue weighted by Gasteiger charge is 2.19. The molecule has 6 heteroatoms. The van der Waals surface area contributed by atoms with Crippen LogP contribution in [0.1, 0.15) is 17.3 Å². The zero-order valence-electron chi connectivity index (χ0n) is 11.9. The second-order valence-corrected chi connectivity index (χ2v) is 4.93. The quantitative estimate of drug-likeness (QED) is 0.907. The van der Waals surface area contributed by atoms with Gasteiger partial charge in [0.25, 0.3) is 5.91 Å². The van der Waals surface area contributed by atoms with Crippen LogP contribution in [0.25, 0.3) is 5.69 Å². The SMILES string of the molecule is CC(CN(C)C(=O)c1cnn(-c2ccccc2)c1)C(=O)O. The fraction of sp³-hybridized carbons (Fsp3) is 0.267. The Morgan fingerprint density at radius 2 is 2.00 bits per heavy atom. The number of carboxylic acids is 1. The van der Waals surface area contributed by atoms with Gasteiger partial charge in [0.15, 0.2) is 0 Å². The lowest BCUT2D eigenvalue weighted by Gasteiger charge is -2.18. The summed E-state index contributed by atoms with van der Waals surface area (Å²) in [4.78, 5) is 24.4. The van der Waals surface area contributed by atoms with Crippen molar-refractivity contribution in [2.75, 3.05) is 13.6 Å². The first-order valence-electron chi connectivity index (χ1n) is 6.57. The molecule has 1 aromatic heterocycles. The van der Waals surface area contributed by atoms with Gasteiger partial charge in [0.1, 0.15) is 0 Å². The summed E-state index contributed by atoms with van der Waals surface area (Å²) in [5, 5.41) is 13.0. The van der Waals surface area contributed by atoms with E-state index in [0.29, 0.717) is 5.56 Å². The lowest BCUT2D eigenvalue weighted by atomic mass is 10.1. The van der Waals surface area contributed by atoms with Gasteiger partial charge < -0.3 is 10.0 Å². The van der Waals surface area contributed by atoms with E-state index < -0.39 is 11.9 Å². The Morgan fingerprint density at radius 3 is 2.62 bits per heavy atom. The minimum Gasteiger partial charge on any atom is -0.481 e. The molecule has 0 radical (unpaired) electrons. The van der Waals surface area contributed by atoms with Crippen LogP contribution in [0.2, 0.25) is 0 Å². The first-order chi connectivity index (χ1) is 9.99. The first-order valence-corrected chi connectivity index (χ1v) is 6.57. The number of benzene rings is 1. The van der Waals surface area contributed by atoms with E-state index in [1.165, 1.54) is 11.1 Å². The summed E-state index contributed by atoms with van der Waals surface area (Å²) in [6.07, 6.45) is 3.12. The molecular weight excluding hydrogens is 270 g/mol. The van der Waals surface area contributed by atoms with Crippen LogP contribution in [-0.2, 0) is 4.79 Å². The lowest BCUT2D eigenvalue weighted by molar-refractivity contribution is -0.141. The van der Waals surface area contributed by atoms with Gasteiger partial charge in [-0.15, -0.1) is 0 Å². The fourth-order valence-electron chi connectivity index (χ4n) is 1.95. The molecule has 0 spiro atoms. The second-order valence-electron chi connectivity index (χ2n) is 4.93. The van der Waals surface area contributed by atoms with Crippen LogP contribution in [0.4, 0.5) is 0 Å². The third kappa shape index (κ3) is 3.47. The maximum absolute atomic E-state index is 12.2. The van der Waals surface area contributed by atoms with Crippen LogP contribution in [0.15, 0.2) is 42.7 Å². The van der Waals surface area contributed by atoms with Crippen molar-refractivity contribution in [2.45, 2.75) is 6.92 Å². The molecule has 1 amide bonds. The van der Waals surface area contributed by atoms with Crippen LogP contribution < -0.4 is 0 Å². The maximum Gasteiger partial charge on any atom is 0.308 e. The number of aromatic nitrogens is 2. The van der Waals surface area contributed by atoms with Gasteiger partial charge >= 0.3 is 5.97 Å². The highest BCUT2D eigenvalue weighted by atomic mass is 16.4. The smallest absolute Gasteiger partial charge is 0.308 e. The second kappa shape index (κ2) is 6.21. The molecule has 1 N–H and O–H groups in total. The summed E-state index contributed by atoms with van der Waals surface area (Å²) in [7, 11) is 1.58. The first kappa shape index (κ1) is 14.8. The molecule has 2 aromatic rings. The molecule has 110 valence electrons. The Labute approximate surface area is 122 Å². The van der Waals surface area contributed by atoms with Gasteiger partial charge in [-0.2, -0.15) is 5.10 Å². The Kier molecular flexibility index (Phi) is 4.37. The molecule has 0 aliphatic rings. The minimum absolute atomic E-state index is 0.157. The number of para-hydroxylation sites is 1. The van der Waals surface area contributed by atoms with E-state index in [0.717, 1.165) is 5.69 Å². The van der Waals surface area contributed by atoms with Gasteiger partial charge in [-0.1, -0.05) is 25.1 Å². The fourth-order valence-corrected chi connectivity index (χ4v) is 1.95. The highest BCUT2D eigenvalue weighted by Crippen LogP contribution is 2.10. The summed E-state index contributed by atoms with van der Waals surface area (Å²) >= 11 is 0. The van der Waals surface area contributed by atoms with Crippen molar-refractivity contribution in [3.8, 4) is 5.69 Å². The third-order valence-corrected chi connectivity index (χ3v) is 3.17. The summed E-state index contributed by atoms with van der Waals surface area (Å²) in [5.74, 6) is -1.77. The molecule has 0 bridgehead atoms. The number of carboxylic acid groups (broad SMARTS) is 1. The molecule has 2 rings (SSSR count). The molecule has 21 heavy (non-hydrogen) atoms. The molecule has 0 saturated heterocycles. The Morgan fingerprint density at radius 1 is 1.33 bits per heavy atom. The third-order valence-electron chi connectivity index (χ3n) is 3.17. The molecule has 1 heterocycles. The minimum atomic E-state index is -0.922. The number of carbonyl (C=O) groups excluding carboxylic acids is 1. The molecule has 1 aromatic carbocycles. The predicted octanol–water partition coefficient (Wildman–Crippen LogP) is 1.67. The van der Waals surface area contributed by atoms with E-state index in [1.807, 2.05) is 30.3 Å². The zero-order valence-corrected chi connectivity index (χ0v) is 11.9. The Balaban J connectivity index is 2.10. The van der Waals surface area contributed by atoms with Crippen molar-refractivity contribution < 1.29 is 14.7 Å².